The number of hydrogen-bond donors (Lipinski definition) is 0. The second-order valence-electron chi connectivity index (χ2n) is 6.25. The highest BCUT2D eigenvalue weighted by atomic mass is 16.1. The fraction of sp³-hybridized carbons (Fsp3) is 0.250. The van der Waals surface area contributed by atoms with Gasteiger partial charge in [0.15, 0.2) is 5.78 Å². The quantitative estimate of drug-likeness (QED) is 0.855. The lowest BCUT2D eigenvalue weighted by Crippen LogP contribution is -2.40. The summed E-state index contributed by atoms with van der Waals surface area (Å²) in [4.78, 5) is 14.9. The van der Waals surface area contributed by atoms with Crippen LogP contribution in [0.4, 0.5) is 0 Å². The van der Waals surface area contributed by atoms with Gasteiger partial charge in [0.1, 0.15) is 0 Å². The Morgan fingerprint density at radius 3 is 1.86 bits per heavy atom. The standard InChI is InChI=1S/C20H21NO/c1-20(21(2)3)14-17(22)18(15-10-6-4-7-11-15)19(20)16-12-8-5-9-13-16/h4-13H,14H2,1-3H3. The van der Waals surface area contributed by atoms with E-state index in [1.54, 1.807) is 0 Å². The first-order valence-electron chi connectivity index (χ1n) is 7.60. The van der Waals surface area contributed by atoms with Crippen LogP contribution >= 0.6 is 0 Å². The molecule has 0 heterocycles. The molecule has 0 aliphatic heterocycles. The van der Waals surface area contributed by atoms with Crippen molar-refractivity contribution in [1.82, 2.24) is 4.90 Å². The number of hydrogen-bond acceptors (Lipinski definition) is 2. The SMILES string of the molecule is CN(C)C1(C)CC(=O)C(c2ccccc2)=C1c1ccccc1. The number of carbonyl (C=O) groups excluding carboxylic acids is 1. The molecule has 0 radical (unpaired) electrons. The van der Waals surface area contributed by atoms with Gasteiger partial charge in [0.2, 0.25) is 0 Å². The number of benzene rings is 2. The predicted molar refractivity (Wildman–Crippen MR) is 91.4 cm³/mol. The summed E-state index contributed by atoms with van der Waals surface area (Å²) in [7, 11) is 4.09. The Morgan fingerprint density at radius 1 is 0.864 bits per heavy atom. The highest BCUT2D eigenvalue weighted by Gasteiger charge is 2.44. The van der Waals surface area contributed by atoms with Crippen molar-refractivity contribution in [3.05, 3.63) is 71.8 Å². The van der Waals surface area contributed by atoms with Crippen LogP contribution in [0.2, 0.25) is 0 Å². The Hall–Kier alpha value is -2.19. The van der Waals surface area contributed by atoms with Crippen LogP contribution < -0.4 is 0 Å². The summed E-state index contributed by atoms with van der Waals surface area (Å²) in [6, 6.07) is 20.3. The maximum absolute atomic E-state index is 12.8. The van der Waals surface area contributed by atoms with Crippen LogP contribution in [-0.4, -0.2) is 30.3 Å². The summed E-state index contributed by atoms with van der Waals surface area (Å²) < 4.78 is 0. The number of likely N-dealkylation sites (N-methyl/N-ethyl adjacent to an activating group) is 1. The van der Waals surface area contributed by atoms with E-state index in [-0.39, 0.29) is 11.3 Å². The average molecular weight is 291 g/mol. The minimum atomic E-state index is -0.274. The van der Waals surface area contributed by atoms with Crippen molar-refractivity contribution in [3.8, 4) is 0 Å². The third kappa shape index (κ3) is 2.30. The fourth-order valence-corrected chi connectivity index (χ4v) is 3.25. The molecule has 22 heavy (non-hydrogen) atoms. The summed E-state index contributed by atoms with van der Waals surface area (Å²) >= 11 is 0. The zero-order valence-electron chi connectivity index (χ0n) is 13.3. The zero-order valence-corrected chi connectivity index (χ0v) is 13.3. The largest absolute Gasteiger partial charge is 0.299 e. The van der Waals surface area contributed by atoms with Crippen LogP contribution in [0.1, 0.15) is 24.5 Å². The summed E-state index contributed by atoms with van der Waals surface area (Å²) in [6.45, 7) is 2.16. The van der Waals surface area contributed by atoms with Crippen LogP contribution in [-0.2, 0) is 4.79 Å². The number of rotatable bonds is 3. The van der Waals surface area contributed by atoms with Crippen LogP contribution in [0, 0.1) is 0 Å². The van der Waals surface area contributed by atoms with E-state index in [1.807, 2.05) is 62.6 Å². The minimum Gasteiger partial charge on any atom is -0.299 e. The summed E-state index contributed by atoms with van der Waals surface area (Å²) in [5.74, 6) is 0.223. The maximum Gasteiger partial charge on any atom is 0.166 e. The number of allylic oxidation sites excluding steroid dienone is 1. The lowest BCUT2D eigenvalue weighted by molar-refractivity contribution is -0.114. The van der Waals surface area contributed by atoms with Gasteiger partial charge < -0.3 is 0 Å². The molecule has 0 saturated carbocycles. The molecule has 0 N–H and O–H groups in total. The van der Waals surface area contributed by atoms with Crippen molar-refractivity contribution < 1.29 is 4.79 Å². The van der Waals surface area contributed by atoms with Crippen molar-refractivity contribution in [1.29, 1.82) is 0 Å². The van der Waals surface area contributed by atoms with Gasteiger partial charge in [-0.15, -0.1) is 0 Å². The molecule has 2 nitrogen and oxygen atoms in total. The number of carbonyl (C=O) groups is 1. The summed E-state index contributed by atoms with van der Waals surface area (Å²) in [5, 5.41) is 0. The van der Waals surface area contributed by atoms with Gasteiger partial charge >= 0.3 is 0 Å². The van der Waals surface area contributed by atoms with E-state index in [2.05, 4.69) is 24.0 Å². The first kappa shape index (κ1) is 14.7. The van der Waals surface area contributed by atoms with Crippen LogP contribution in [0.5, 0.6) is 0 Å². The van der Waals surface area contributed by atoms with Crippen LogP contribution in [0.25, 0.3) is 11.1 Å². The van der Waals surface area contributed by atoms with Crippen molar-refractivity contribution in [3.63, 3.8) is 0 Å². The molecule has 0 aromatic heterocycles. The second-order valence-corrected chi connectivity index (χ2v) is 6.25. The van der Waals surface area contributed by atoms with Crippen molar-refractivity contribution in [2.24, 2.45) is 0 Å². The van der Waals surface area contributed by atoms with Gasteiger partial charge in [-0.2, -0.15) is 0 Å². The van der Waals surface area contributed by atoms with E-state index in [1.165, 1.54) is 0 Å². The topological polar surface area (TPSA) is 20.3 Å². The molecule has 0 bridgehead atoms. The molecule has 2 heteroatoms. The van der Waals surface area contributed by atoms with Gasteiger partial charge in [0.25, 0.3) is 0 Å². The molecule has 0 fully saturated rings. The molecule has 1 aliphatic rings. The lowest BCUT2D eigenvalue weighted by atomic mass is 9.85. The maximum atomic E-state index is 12.8. The molecule has 1 atom stereocenters. The molecule has 3 rings (SSSR count). The first-order chi connectivity index (χ1) is 10.5. The van der Waals surface area contributed by atoms with Crippen molar-refractivity contribution in [2.75, 3.05) is 14.1 Å². The molecule has 0 amide bonds. The molecule has 2 aromatic rings. The molecule has 1 aliphatic carbocycles. The van der Waals surface area contributed by atoms with Gasteiger partial charge in [0.05, 0.1) is 5.54 Å². The Bertz CT molecular complexity index is 716. The molecule has 2 aromatic carbocycles. The normalized spacial score (nSPS) is 21.7. The smallest absolute Gasteiger partial charge is 0.166 e. The van der Waals surface area contributed by atoms with E-state index in [4.69, 9.17) is 0 Å². The predicted octanol–water partition coefficient (Wildman–Crippen LogP) is 3.89. The van der Waals surface area contributed by atoms with Gasteiger partial charge in [-0.1, -0.05) is 60.7 Å². The molecule has 0 spiro atoms. The Morgan fingerprint density at radius 2 is 1.36 bits per heavy atom. The highest BCUT2D eigenvalue weighted by Crippen LogP contribution is 2.46. The third-order valence-electron chi connectivity index (χ3n) is 4.68. The molecular weight excluding hydrogens is 270 g/mol. The van der Waals surface area contributed by atoms with E-state index in [0.29, 0.717) is 6.42 Å². The summed E-state index contributed by atoms with van der Waals surface area (Å²) in [6.07, 6.45) is 0.522. The number of Topliss-reactive ketones (excluding diaryl/α,β-unsaturated/α-hetero) is 1. The number of ketones is 1. The monoisotopic (exact) mass is 291 g/mol. The van der Waals surface area contributed by atoms with Crippen LogP contribution in [0.15, 0.2) is 60.7 Å². The van der Waals surface area contributed by atoms with Gasteiger partial charge in [-0.3, -0.25) is 9.69 Å². The summed E-state index contributed by atoms with van der Waals surface area (Å²) in [5.41, 5.74) is 3.86. The fourth-order valence-electron chi connectivity index (χ4n) is 3.25. The molecule has 1 unspecified atom stereocenters. The number of nitrogens with zero attached hydrogens (tertiary/aromatic N) is 1. The highest BCUT2D eigenvalue weighted by molar-refractivity contribution is 6.33. The van der Waals surface area contributed by atoms with Crippen molar-refractivity contribution >= 4 is 16.9 Å². The molecule has 0 saturated heterocycles. The van der Waals surface area contributed by atoms with Crippen molar-refractivity contribution in [2.45, 2.75) is 18.9 Å². The third-order valence-corrected chi connectivity index (χ3v) is 4.68. The Labute approximate surface area is 132 Å². The molecular formula is C20H21NO. The Kier molecular flexibility index (Phi) is 3.71. The van der Waals surface area contributed by atoms with E-state index >= 15 is 0 Å². The second kappa shape index (κ2) is 5.54. The molecule has 112 valence electrons. The van der Waals surface area contributed by atoms with E-state index in [0.717, 1.165) is 22.3 Å². The Balaban J connectivity index is 2.29. The lowest BCUT2D eigenvalue weighted by Gasteiger charge is -2.35. The van der Waals surface area contributed by atoms with E-state index in [9.17, 15) is 4.79 Å². The average Bonchev–Trinajstić information content (AvgIpc) is 2.81. The van der Waals surface area contributed by atoms with Gasteiger partial charge in [-0.05, 0) is 37.7 Å². The first-order valence-corrected chi connectivity index (χ1v) is 7.60. The zero-order chi connectivity index (χ0) is 15.7. The minimum absolute atomic E-state index is 0.223. The van der Waals surface area contributed by atoms with E-state index < -0.39 is 0 Å². The van der Waals surface area contributed by atoms with Gasteiger partial charge in [0, 0.05) is 12.0 Å². The van der Waals surface area contributed by atoms with Gasteiger partial charge in [-0.25, -0.2) is 0 Å². The van der Waals surface area contributed by atoms with Crippen LogP contribution in [0.3, 0.4) is 0 Å².